The summed E-state index contributed by atoms with van der Waals surface area (Å²) in [5.74, 6) is -0.214. The Bertz CT molecular complexity index is 1220. The molecule has 172 valence electrons. The fraction of sp³-hybridized carbons (Fsp3) is 0.190. The summed E-state index contributed by atoms with van der Waals surface area (Å²) in [6.07, 6.45) is -2.05. The van der Waals surface area contributed by atoms with E-state index < -0.39 is 6.36 Å². The number of benzene rings is 2. The zero-order chi connectivity index (χ0) is 23.3. The average Bonchev–Trinajstić information content (AvgIpc) is 3.40. The lowest BCUT2D eigenvalue weighted by atomic mass is 10.1. The highest BCUT2D eigenvalue weighted by molar-refractivity contribution is 8.01. The lowest BCUT2D eigenvalue weighted by molar-refractivity contribution is -0.274. The van der Waals surface area contributed by atoms with Gasteiger partial charge in [0.25, 0.3) is 0 Å². The van der Waals surface area contributed by atoms with E-state index in [9.17, 15) is 18.0 Å². The number of nitrogens with one attached hydrogen (secondary N) is 3. The van der Waals surface area contributed by atoms with E-state index in [0.29, 0.717) is 21.7 Å². The number of anilines is 2. The standard InChI is InChI=1S/C21H18F3N5O2S2/c22-21(23,24)31-15-7-5-14(6-8-15)27-19-28-29-20(33-19)32-12-18(30)25-10-9-13-11-26-17-4-2-1-3-16(13)17/h1-8,11,26H,9-10,12H2,(H,25,30)(H,27,28). The topological polar surface area (TPSA) is 91.9 Å². The van der Waals surface area contributed by atoms with E-state index in [2.05, 4.69) is 30.6 Å². The number of amides is 1. The number of thioether (sulfide) groups is 1. The summed E-state index contributed by atoms with van der Waals surface area (Å²) in [5, 5.41) is 15.5. The van der Waals surface area contributed by atoms with Gasteiger partial charge >= 0.3 is 6.36 Å². The zero-order valence-corrected chi connectivity index (χ0v) is 18.6. The van der Waals surface area contributed by atoms with Gasteiger partial charge in [0.1, 0.15) is 5.75 Å². The molecule has 2 aromatic heterocycles. The van der Waals surface area contributed by atoms with Gasteiger partial charge in [-0.2, -0.15) is 0 Å². The second kappa shape index (κ2) is 10.1. The van der Waals surface area contributed by atoms with Crippen LogP contribution in [0.5, 0.6) is 5.75 Å². The van der Waals surface area contributed by atoms with Crippen LogP contribution < -0.4 is 15.4 Å². The monoisotopic (exact) mass is 493 g/mol. The molecule has 0 saturated heterocycles. The van der Waals surface area contributed by atoms with Crippen LogP contribution in [-0.4, -0.2) is 39.7 Å². The minimum Gasteiger partial charge on any atom is -0.406 e. The number of aromatic nitrogens is 3. The normalized spacial score (nSPS) is 11.5. The summed E-state index contributed by atoms with van der Waals surface area (Å²) < 4.78 is 41.1. The number of hydrogen-bond donors (Lipinski definition) is 3. The smallest absolute Gasteiger partial charge is 0.406 e. The Hall–Kier alpha value is -3.25. The van der Waals surface area contributed by atoms with E-state index in [-0.39, 0.29) is 17.4 Å². The largest absolute Gasteiger partial charge is 0.573 e. The van der Waals surface area contributed by atoms with Crippen molar-refractivity contribution in [2.24, 2.45) is 0 Å². The number of rotatable bonds is 9. The fourth-order valence-electron chi connectivity index (χ4n) is 3.04. The summed E-state index contributed by atoms with van der Waals surface area (Å²) >= 11 is 2.50. The minimum absolute atomic E-state index is 0.107. The number of ether oxygens (including phenoxy) is 1. The molecule has 0 radical (unpaired) electrons. The van der Waals surface area contributed by atoms with E-state index in [4.69, 9.17) is 0 Å². The van der Waals surface area contributed by atoms with Crippen LogP contribution in [0.2, 0.25) is 0 Å². The molecule has 0 aliphatic rings. The number of fused-ring (bicyclic) bond motifs is 1. The van der Waals surface area contributed by atoms with Crippen molar-refractivity contribution in [3.8, 4) is 5.75 Å². The predicted molar refractivity (Wildman–Crippen MR) is 122 cm³/mol. The molecule has 1 amide bonds. The second-order valence-electron chi connectivity index (χ2n) is 6.82. The second-order valence-corrected chi connectivity index (χ2v) is 9.02. The SMILES string of the molecule is O=C(CSc1nnc(Nc2ccc(OC(F)(F)F)cc2)s1)NCCc1c[nH]c2ccccc12. The molecule has 4 rings (SSSR count). The van der Waals surface area contributed by atoms with Crippen molar-refractivity contribution in [2.75, 3.05) is 17.6 Å². The third-order valence-corrected chi connectivity index (χ3v) is 6.44. The lowest BCUT2D eigenvalue weighted by Gasteiger charge is -2.09. The Morgan fingerprint density at radius 3 is 2.70 bits per heavy atom. The Labute approximate surface area is 194 Å². The maximum atomic E-state index is 12.2. The van der Waals surface area contributed by atoms with Gasteiger partial charge in [0.2, 0.25) is 11.0 Å². The van der Waals surface area contributed by atoms with Crippen molar-refractivity contribution in [1.82, 2.24) is 20.5 Å². The molecule has 0 bridgehead atoms. The van der Waals surface area contributed by atoms with Crippen LogP contribution in [0, 0.1) is 0 Å². The molecule has 0 unspecified atom stereocenters. The van der Waals surface area contributed by atoms with Crippen molar-refractivity contribution >= 4 is 50.7 Å². The first-order valence-corrected chi connectivity index (χ1v) is 11.6. The maximum absolute atomic E-state index is 12.2. The Morgan fingerprint density at radius 1 is 1.12 bits per heavy atom. The number of hydrogen-bond acceptors (Lipinski definition) is 7. The van der Waals surface area contributed by atoms with Crippen molar-refractivity contribution in [2.45, 2.75) is 17.1 Å². The van der Waals surface area contributed by atoms with E-state index in [0.717, 1.165) is 22.9 Å². The molecule has 0 spiro atoms. The zero-order valence-electron chi connectivity index (χ0n) is 17.0. The summed E-state index contributed by atoms with van der Waals surface area (Å²) in [6.45, 7) is 0.526. The average molecular weight is 494 g/mol. The predicted octanol–water partition coefficient (Wildman–Crippen LogP) is 5.11. The molecule has 12 heteroatoms. The Kier molecular flexibility index (Phi) is 7.04. The first-order chi connectivity index (χ1) is 15.9. The molecule has 4 aromatic rings. The van der Waals surface area contributed by atoms with Gasteiger partial charge < -0.3 is 20.4 Å². The molecule has 0 fully saturated rings. The number of carbonyl (C=O) groups is 1. The first-order valence-electron chi connectivity index (χ1n) is 9.76. The van der Waals surface area contributed by atoms with Gasteiger partial charge in [-0.15, -0.1) is 23.4 Å². The summed E-state index contributed by atoms with van der Waals surface area (Å²) in [5.41, 5.74) is 2.75. The van der Waals surface area contributed by atoms with Gasteiger partial charge in [0.05, 0.1) is 5.75 Å². The first kappa shape index (κ1) is 22.9. The van der Waals surface area contributed by atoms with Crippen LogP contribution in [0.4, 0.5) is 24.0 Å². The maximum Gasteiger partial charge on any atom is 0.573 e. The van der Waals surface area contributed by atoms with Crippen LogP contribution in [0.3, 0.4) is 0 Å². The lowest BCUT2D eigenvalue weighted by Crippen LogP contribution is -2.27. The quantitative estimate of drug-likeness (QED) is 0.281. The molecule has 0 saturated carbocycles. The number of alkyl halides is 3. The summed E-state index contributed by atoms with van der Waals surface area (Å²) in [4.78, 5) is 15.4. The summed E-state index contributed by atoms with van der Waals surface area (Å²) in [6, 6.07) is 13.3. The molecule has 33 heavy (non-hydrogen) atoms. The highest BCUT2D eigenvalue weighted by Crippen LogP contribution is 2.29. The summed E-state index contributed by atoms with van der Waals surface area (Å²) in [7, 11) is 0. The molecule has 0 atom stereocenters. The molecule has 0 aliphatic carbocycles. The molecule has 0 aliphatic heterocycles. The Balaban J connectivity index is 1.20. The minimum atomic E-state index is -4.73. The number of carbonyl (C=O) groups excluding carboxylic acids is 1. The van der Waals surface area contributed by atoms with Crippen LogP contribution in [-0.2, 0) is 11.2 Å². The van der Waals surface area contributed by atoms with Crippen molar-refractivity contribution < 1.29 is 22.7 Å². The van der Waals surface area contributed by atoms with Crippen LogP contribution in [0.1, 0.15) is 5.56 Å². The van der Waals surface area contributed by atoms with Gasteiger partial charge in [-0.25, -0.2) is 0 Å². The third kappa shape index (κ3) is 6.62. The number of para-hydroxylation sites is 1. The van der Waals surface area contributed by atoms with Crippen molar-refractivity contribution in [1.29, 1.82) is 0 Å². The highest BCUT2D eigenvalue weighted by Gasteiger charge is 2.30. The molecule has 3 N–H and O–H groups in total. The van der Waals surface area contributed by atoms with Crippen LogP contribution in [0.15, 0.2) is 59.1 Å². The Morgan fingerprint density at radius 2 is 1.91 bits per heavy atom. The number of halogens is 3. The van der Waals surface area contributed by atoms with E-state index in [1.807, 2.05) is 30.5 Å². The van der Waals surface area contributed by atoms with E-state index in [1.165, 1.54) is 47.4 Å². The van der Waals surface area contributed by atoms with E-state index >= 15 is 0 Å². The number of H-pyrrole nitrogens is 1. The van der Waals surface area contributed by atoms with Gasteiger partial charge in [0.15, 0.2) is 4.34 Å². The molecular weight excluding hydrogens is 475 g/mol. The van der Waals surface area contributed by atoms with E-state index in [1.54, 1.807) is 0 Å². The molecule has 2 aromatic carbocycles. The highest BCUT2D eigenvalue weighted by atomic mass is 32.2. The van der Waals surface area contributed by atoms with Gasteiger partial charge in [-0.3, -0.25) is 4.79 Å². The van der Waals surface area contributed by atoms with Gasteiger partial charge in [-0.05, 0) is 42.3 Å². The van der Waals surface area contributed by atoms with Crippen molar-refractivity contribution in [3.05, 3.63) is 60.3 Å². The van der Waals surface area contributed by atoms with Gasteiger partial charge in [0, 0.05) is 29.3 Å². The van der Waals surface area contributed by atoms with Crippen LogP contribution in [0.25, 0.3) is 10.9 Å². The molecular formula is C21H18F3N5O2S2. The molecule has 2 heterocycles. The van der Waals surface area contributed by atoms with Crippen molar-refractivity contribution in [3.63, 3.8) is 0 Å². The fourth-order valence-corrected chi connectivity index (χ4v) is 4.64. The molecule has 7 nitrogen and oxygen atoms in total. The number of nitrogens with zero attached hydrogens (tertiary/aromatic N) is 2. The third-order valence-electron chi connectivity index (χ3n) is 4.46. The number of aromatic amines is 1. The van der Waals surface area contributed by atoms with Gasteiger partial charge in [-0.1, -0.05) is 41.3 Å². The van der Waals surface area contributed by atoms with Crippen LogP contribution >= 0.6 is 23.1 Å².